The molecule has 0 aliphatic rings. The van der Waals surface area contributed by atoms with Crippen molar-refractivity contribution in [2.75, 3.05) is 5.75 Å². The van der Waals surface area contributed by atoms with E-state index in [1.54, 1.807) is 12.4 Å². The van der Waals surface area contributed by atoms with E-state index >= 15 is 0 Å². The summed E-state index contributed by atoms with van der Waals surface area (Å²) in [7, 11) is 0. The minimum absolute atomic E-state index is 0.133. The van der Waals surface area contributed by atoms with Gasteiger partial charge in [-0.1, -0.05) is 30.0 Å². The van der Waals surface area contributed by atoms with Crippen molar-refractivity contribution < 1.29 is 9.53 Å². The molecule has 0 unspecified atom stereocenters. The molecule has 128 valence electrons. The molecular weight excluding hydrogens is 336 g/mol. The Bertz CT molecular complexity index is 835. The molecule has 0 saturated heterocycles. The Morgan fingerprint density at radius 1 is 1.16 bits per heavy atom. The first-order valence-corrected chi connectivity index (χ1v) is 8.87. The zero-order valence-corrected chi connectivity index (χ0v) is 14.8. The van der Waals surface area contributed by atoms with Crippen LogP contribution in [0.4, 0.5) is 0 Å². The Kier molecular flexibility index (Phi) is 5.45. The number of hydrogen-bond donors (Lipinski definition) is 0. The molecule has 3 aromatic rings. The molecule has 3 rings (SSSR count). The largest absolute Gasteiger partial charge is 0.462 e. The van der Waals surface area contributed by atoms with Gasteiger partial charge >= 0.3 is 5.97 Å². The Labute approximate surface area is 150 Å². The third kappa shape index (κ3) is 4.24. The predicted octanol–water partition coefficient (Wildman–Crippen LogP) is 3.37. The lowest BCUT2D eigenvalue weighted by Crippen LogP contribution is -2.13. The molecule has 0 amide bonds. The number of carbonyl (C=O) groups is 1. The van der Waals surface area contributed by atoms with Gasteiger partial charge in [-0.25, -0.2) is 0 Å². The predicted molar refractivity (Wildman–Crippen MR) is 96.5 cm³/mol. The van der Waals surface area contributed by atoms with Gasteiger partial charge in [0.05, 0.1) is 11.9 Å². The van der Waals surface area contributed by atoms with Crippen LogP contribution >= 0.6 is 11.8 Å². The van der Waals surface area contributed by atoms with Gasteiger partial charge in [-0.2, -0.15) is 0 Å². The minimum atomic E-state index is -0.273. The van der Waals surface area contributed by atoms with Crippen LogP contribution in [0.5, 0.6) is 0 Å². The van der Waals surface area contributed by atoms with Crippen molar-refractivity contribution in [2.24, 2.45) is 0 Å². The highest BCUT2D eigenvalue weighted by molar-refractivity contribution is 7.99. The molecule has 1 aromatic carbocycles. The lowest BCUT2D eigenvalue weighted by molar-refractivity contribution is -0.144. The molecular formula is C18H18N4O2S. The van der Waals surface area contributed by atoms with Crippen molar-refractivity contribution in [3.8, 4) is 17.1 Å². The number of benzene rings is 1. The molecule has 7 heteroatoms. The number of hydrogen-bond acceptors (Lipinski definition) is 6. The van der Waals surface area contributed by atoms with E-state index in [1.165, 1.54) is 11.8 Å². The average molecular weight is 354 g/mol. The van der Waals surface area contributed by atoms with Crippen molar-refractivity contribution in [1.29, 1.82) is 0 Å². The quantitative estimate of drug-likeness (QED) is 0.499. The molecule has 0 N–H and O–H groups in total. The van der Waals surface area contributed by atoms with Crippen LogP contribution in [-0.2, 0) is 9.53 Å². The highest BCUT2D eigenvalue weighted by atomic mass is 32.2. The molecule has 2 heterocycles. The van der Waals surface area contributed by atoms with Gasteiger partial charge < -0.3 is 4.74 Å². The fourth-order valence-electron chi connectivity index (χ4n) is 2.28. The van der Waals surface area contributed by atoms with Gasteiger partial charge in [0.25, 0.3) is 0 Å². The van der Waals surface area contributed by atoms with Crippen LogP contribution in [0.15, 0.2) is 60.0 Å². The second-order valence-electron chi connectivity index (χ2n) is 5.55. The summed E-state index contributed by atoms with van der Waals surface area (Å²) in [6.07, 6.45) is 3.32. The zero-order valence-electron chi connectivity index (χ0n) is 14.0. The monoisotopic (exact) mass is 354 g/mol. The molecule has 0 atom stereocenters. The number of aromatic nitrogens is 4. The van der Waals surface area contributed by atoms with E-state index in [0.29, 0.717) is 11.0 Å². The molecule has 0 spiro atoms. The number of thioether (sulfide) groups is 1. The highest BCUT2D eigenvalue weighted by Gasteiger charge is 2.17. The van der Waals surface area contributed by atoms with Gasteiger partial charge in [0.1, 0.15) is 0 Å². The number of nitrogens with zero attached hydrogens (tertiary/aromatic N) is 4. The van der Waals surface area contributed by atoms with Gasteiger partial charge in [-0.3, -0.25) is 14.3 Å². The maximum absolute atomic E-state index is 11.8. The Morgan fingerprint density at radius 2 is 1.96 bits per heavy atom. The Morgan fingerprint density at radius 3 is 2.64 bits per heavy atom. The lowest BCUT2D eigenvalue weighted by Gasteiger charge is -2.10. The van der Waals surface area contributed by atoms with Crippen LogP contribution in [0.3, 0.4) is 0 Å². The summed E-state index contributed by atoms with van der Waals surface area (Å²) >= 11 is 1.30. The summed E-state index contributed by atoms with van der Waals surface area (Å²) in [6, 6.07) is 13.6. The smallest absolute Gasteiger partial charge is 0.316 e. The number of para-hydroxylation sites is 1. The fraction of sp³-hybridized carbons (Fsp3) is 0.222. The molecule has 6 nitrogen and oxygen atoms in total. The number of carbonyl (C=O) groups excluding carboxylic acids is 1. The molecule has 0 aliphatic heterocycles. The van der Waals surface area contributed by atoms with Crippen molar-refractivity contribution in [1.82, 2.24) is 19.7 Å². The average Bonchev–Trinajstić information content (AvgIpc) is 3.05. The minimum Gasteiger partial charge on any atom is -0.462 e. The summed E-state index contributed by atoms with van der Waals surface area (Å²) in [5.74, 6) is 0.584. The van der Waals surface area contributed by atoms with E-state index in [-0.39, 0.29) is 17.8 Å². The number of esters is 1. The van der Waals surface area contributed by atoms with E-state index in [4.69, 9.17) is 4.74 Å². The topological polar surface area (TPSA) is 69.9 Å². The highest BCUT2D eigenvalue weighted by Crippen LogP contribution is 2.27. The molecule has 25 heavy (non-hydrogen) atoms. The lowest BCUT2D eigenvalue weighted by atomic mass is 10.2. The maximum Gasteiger partial charge on any atom is 0.316 e. The van der Waals surface area contributed by atoms with E-state index in [9.17, 15) is 4.79 Å². The van der Waals surface area contributed by atoms with Gasteiger partial charge in [0.2, 0.25) is 0 Å². The van der Waals surface area contributed by atoms with Gasteiger partial charge in [-0.15, -0.1) is 10.2 Å². The standard InChI is InChI=1S/C18H18N4O2S/c1-13(2)24-16(23)12-25-18-21-20-17(14-7-6-10-19-11-14)22(18)15-8-4-3-5-9-15/h3-11,13H,12H2,1-2H3. The number of pyridine rings is 1. The van der Waals surface area contributed by atoms with E-state index in [1.807, 2.05) is 60.9 Å². The summed E-state index contributed by atoms with van der Waals surface area (Å²) in [5.41, 5.74) is 1.78. The van der Waals surface area contributed by atoms with Crippen molar-refractivity contribution in [3.05, 3.63) is 54.9 Å². The second-order valence-corrected chi connectivity index (χ2v) is 6.49. The van der Waals surface area contributed by atoms with Crippen LogP contribution < -0.4 is 0 Å². The fourth-order valence-corrected chi connectivity index (χ4v) is 3.01. The van der Waals surface area contributed by atoms with Crippen molar-refractivity contribution >= 4 is 17.7 Å². The van der Waals surface area contributed by atoms with E-state index in [0.717, 1.165) is 11.3 Å². The number of rotatable bonds is 6. The summed E-state index contributed by atoms with van der Waals surface area (Å²) in [5, 5.41) is 9.19. The molecule has 0 bridgehead atoms. The first kappa shape index (κ1) is 17.2. The van der Waals surface area contributed by atoms with Gasteiger partial charge in [0, 0.05) is 23.6 Å². The maximum atomic E-state index is 11.8. The molecule has 0 radical (unpaired) electrons. The second kappa shape index (κ2) is 7.94. The van der Waals surface area contributed by atoms with Crippen LogP contribution in [0.1, 0.15) is 13.8 Å². The normalized spacial score (nSPS) is 10.8. The molecule has 0 fully saturated rings. The summed E-state index contributed by atoms with van der Waals surface area (Å²) < 4.78 is 7.10. The molecule has 0 saturated carbocycles. The molecule has 0 aliphatic carbocycles. The Balaban J connectivity index is 1.94. The van der Waals surface area contributed by atoms with Crippen LogP contribution in [0.2, 0.25) is 0 Å². The van der Waals surface area contributed by atoms with Crippen molar-refractivity contribution in [3.63, 3.8) is 0 Å². The van der Waals surface area contributed by atoms with E-state index in [2.05, 4.69) is 15.2 Å². The van der Waals surface area contributed by atoms with Crippen LogP contribution in [0.25, 0.3) is 17.1 Å². The first-order chi connectivity index (χ1) is 12.1. The van der Waals surface area contributed by atoms with Crippen LogP contribution in [-0.4, -0.2) is 37.6 Å². The molecule has 2 aromatic heterocycles. The Hall–Kier alpha value is -2.67. The summed E-state index contributed by atoms with van der Waals surface area (Å²) in [6.45, 7) is 3.66. The van der Waals surface area contributed by atoms with Crippen LogP contribution in [0, 0.1) is 0 Å². The van der Waals surface area contributed by atoms with Crippen molar-refractivity contribution in [2.45, 2.75) is 25.1 Å². The SMILES string of the molecule is CC(C)OC(=O)CSc1nnc(-c2cccnc2)n1-c1ccccc1. The van der Waals surface area contributed by atoms with Gasteiger partial charge in [0.15, 0.2) is 11.0 Å². The van der Waals surface area contributed by atoms with Gasteiger partial charge in [-0.05, 0) is 38.1 Å². The third-order valence-electron chi connectivity index (χ3n) is 3.25. The third-order valence-corrected chi connectivity index (χ3v) is 4.16. The van der Waals surface area contributed by atoms with E-state index < -0.39 is 0 Å². The summed E-state index contributed by atoms with van der Waals surface area (Å²) in [4.78, 5) is 16.0. The zero-order chi connectivity index (χ0) is 17.6. The first-order valence-electron chi connectivity index (χ1n) is 7.88. The number of ether oxygens (including phenoxy) is 1.